The summed E-state index contributed by atoms with van der Waals surface area (Å²) in [7, 11) is 0. The van der Waals surface area contributed by atoms with E-state index in [2.05, 4.69) is 21.2 Å². The molecular weight excluding hydrogens is 355 g/mol. The van der Waals surface area contributed by atoms with Gasteiger partial charge in [0.15, 0.2) is 0 Å². The van der Waals surface area contributed by atoms with Crippen LogP contribution < -0.4 is 5.32 Å². The summed E-state index contributed by atoms with van der Waals surface area (Å²) in [6, 6.07) is 8.20. The van der Waals surface area contributed by atoms with Gasteiger partial charge in [0.25, 0.3) is 5.91 Å². The SMILES string of the molecule is O=C(c1sccc1Br)N1CCNCC1c1cccc(F)c1. The molecule has 1 fully saturated rings. The first-order valence-electron chi connectivity index (χ1n) is 6.67. The zero-order chi connectivity index (χ0) is 14.8. The Balaban J connectivity index is 1.92. The van der Waals surface area contributed by atoms with Crippen molar-refractivity contribution in [2.24, 2.45) is 0 Å². The fourth-order valence-corrected chi connectivity index (χ4v) is 4.03. The van der Waals surface area contributed by atoms with Crippen LogP contribution in [0.25, 0.3) is 0 Å². The molecule has 1 saturated heterocycles. The van der Waals surface area contributed by atoms with Gasteiger partial charge in [-0.1, -0.05) is 12.1 Å². The van der Waals surface area contributed by atoms with Gasteiger partial charge in [-0.2, -0.15) is 0 Å². The minimum Gasteiger partial charge on any atom is -0.328 e. The van der Waals surface area contributed by atoms with E-state index in [1.807, 2.05) is 22.4 Å². The average Bonchev–Trinajstić information content (AvgIpc) is 2.93. The number of nitrogens with one attached hydrogen (secondary N) is 1. The standard InChI is InChI=1S/C15H14BrFN2OS/c16-12-4-7-21-14(12)15(20)19-6-5-18-9-13(19)10-2-1-3-11(17)8-10/h1-4,7-8,13,18H,5-6,9H2. The lowest BCUT2D eigenvalue weighted by atomic mass is 10.0. The molecule has 1 aliphatic rings. The second-order valence-corrected chi connectivity index (χ2v) is 6.64. The number of benzene rings is 1. The molecule has 0 spiro atoms. The van der Waals surface area contributed by atoms with Crippen molar-refractivity contribution in [1.82, 2.24) is 10.2 Å². The van der Waals surface area contributed by atoms with Crippen LogP contribution in [-0.2, 0) is 0 Å². The predicted octanol–water partition coefficient (Wildman–Crippen LogP) is 3.44. The number of thiophene rings is 1. The Bertz CT molecular complexity index is 661. The van der Waals surface area contributed by atoms with E-state index in [0.29, 0.717) is 18.0 Å². The number of carbonyl (C=O) groups excluding carboxylic acids is 1. The van der Waals surface area contributed by atoms with Crippen LogP contribution in [0.5, 0.6) is 0 Å². The number of halogens is 2. The fourth-order valence-electron chi connectivity index (χ4n) is 2.54. The van der Waals surface area contributed by atoms with E-state index in [9.17, 15) is 9.18 Å². The van der Waals surface area contributed by atoms with Gasteiger partial charge in [-0.15, -0.1) is 11.3 Å². The van der Waals surface area contributed by atoms with Gasteiger partial charge in [0, 0.05) is 24.1 Å². The van der Waals surface area contributed by atoms with Gasteiger partial charge in [0.05, 0.1) is 6.04 Å². The Morgan fingerprint density at radius 3 is 3.00 bits per heavy atom. The van der Waals surface area contributed by atoms with Crippen molar-refractivity contribution in [1.29, 1.82) is 0 Å². The van der Waals surface area contributed by atoms with Gasteiger partial charge < -0.3 is 10.2 Å². The summed E-state index contributed by atoms with van der Waals surface area (Å²) in [4.78, 5) is 15.2. The van der Waals surface area contributed by atoms with Crippen LogP contribution in [0.3, 0.4) is 0 Å². The van der Waals surface area contributed by atoms with E-state index in [1.54, 1.807) is 6.07 Å². The lowest BCUT2D eigenvalue weighted by Crippen LogP contribution is -2.48. The quantitative estimate of drug-likeness (QED) is 0.880. The number of amides is 1. The van der Waals surface area contributed by atoms with Gasteiger partial charge in [-0.3, -0.25) is 4.79 Å². The van der Waals surface area contributed by atoms with Gasteiger partial charge in [0.1, 0.15) is 10.7 Å². The Morgan fingerprint density at radius 1 is 1.43 bits per heavy atom. The van der Waals surface area contributed by atoms with E-state index in [4.69, 9.17) is 0 Å². The number of piperazine rings is 1. The highest BCUT2D eigenvalue weighted by molar-refractivity contribution is 9.10. The van der Waals surface area contributed by atoms with Gasteiger partial charge in [-0.05, 0) is 45.1 Å². The molecule has 1 aliphatic heterocycles. The molecule has 1 amide bonds. The number of hydrogen-bond acceptors (Lipinski definition) is 3. The summed E-state index contributed by atoms with van der Waals surface area (Å²) in [5.74, 6) is -0.282. The molecule has 0 bridgehead atoms. The molecule has 2 heterocycles. The second kappa shape index (κ2) is 6.25. The summed E-state index contributed by atoms with van der Waals surface area (Å²) < 4.78 is 14.3. The Hall–Kier alpha value is -1.24. The minimum absolute atomic E-state index is 0.00682. The third-order valence-corrected chi connectivity index (χ3v) is 5.37. The molecule has 0 aliphatic carbocycles. The van der Waals surface area contributed by atoms with E-state index >= 15 is 0 Å². The lowest BCUT2D eigenvalue weighted by Gasteiger charge is -2.36. The Kier molecular flexibility index (Phi) is 4.37. The summed E-state index contributed by atoms with van der Waals surface area (Å²) >= 11 is 4.83. The van der Waals surface area contributed by atoms with Crippen molar-refractivity contribution in [3.63, 3.8) is 0 Å². The maximum atomic E-state index is 13.5. The zero-order valence-corrected chi connectivity index (χ0v) is 13.6. The number of nitrogens with zero attached hydrogens (tertiary/aromatic N) is 1. The molecule has 3 nitrogen and oxygen atoms in total. The highest BCUT2D eigenvalue weighted by Gasteiger charge is 2.30. The molecule has 110 valence electrons. The maximum Gasteiger partial charge on any atom is 0.265 e. The fraction of sp³-hybridized carbons (Fsp3) is 0.267. The highest BCUT2D eigenvalue weighted by atomic mass is 79.9. The molecule has 1 aromatic heterocycles. The number of rotatable bonds is 2. The summed E-state index contributed by atoms with van der Waals surface area (Å²) in [5, 5.41) is 5.16. The topological polar surface area (TPSA) is 32.3 Å². The largest absolute Gasteiger partial charge is 0.328 e. The zero-order valence-electron chi connectivity index (χ0n) is 11.2. The normalized spacial score (nSPS) is 18.8. The minimum atomic E-state index is -0.275. The highest BCUT2D eigenvalue weighted by Crippen LogP contribution is 2.29. The van der Waals surface area contributed by atoms with Crippen molar-refractivity contribution in [3.05, 3.63) is 56.4 Å². The predicted molar refractivity (Wildman–Crippen MR) is 85.1 cm³/mol. The van der Waals surface area contributed by atoms with Crippen LogP contribution in [0.4, 0.5) is 4.39 Å². The van der Waals surface area contributed by atoms with Crippen LogP contribution in [0.15, 0.2) is 40.2 Å². The molecule has 21 heavy (non-hydrogen) atoms. The van der Waals surface area contributed by atoms with Gasteiger partial charge >= 0.3 is 0 Å². The van der Waals surface area contributed by atoms with Crippen molar-refractivity contribution in [2.75, 3.05) is 19.6 Å². The lowest BCUT2D eigenvalue weighted by molar-refractivity contribution is 0.0638. The third-order valence-electron chi connectivity index (χ3n) is 3.55. The number of carbonyl (C=O) groups is 1. The Morgan fingerprint density at radius 2 is 2.29 bits per heavy atom. The van der Waals surface area contributed by atoms with Crippen LogP contribution in [0.2, 0.25) is 0 Å². The van der Waals surface area contributed by atoms with E-state index < -0.39 is 0 Å². The van der Waals surface area contributed by atoms with E-state index in [-0.39, 0.29) is 17.8 Å². The summed E-state index contributed by atoms with van der Waals surface area (Å²) in [6.07, 6.45) is 0. The molecule has 3 rings (SSSR count). The van der Waals surface area contributed by atoms with Crippen molar-refractivity contribution in [2.45, 2.75) is 6.04 Å². The van der Waals surface area contributed by atoms with Crippen molar-refractivity contribution < 1.29 is 9.18 Å². The molecule has 0 radical (unpaired) electrons. The molecule has 1 atom stereocenters. The first-order chi connectivity index (χ1) is 10.2. The first-order valence-corrected chi connectivity index (χ1v) is 8.34. The maximum absolute atomic E-state index is 13.5. The average molecular weight is 369 g/mol. The smallest absolute Gasteiger partial charge is 0.265 e. The van der Waals surface area contributed by atoms with Crippen LogP contribution >= 0.6 is 27.3 Å². The summed E-state index contributed by atoms with van der Waals surface area (Å²) in [5.41, 5.74) is 0.822. The van der Waals surface area contributed by atoms with E-state index in [1.165, 1.54) is 23.5 Å². The van der Waals surface area contributed by atoms with Gasteiger partial charge in [-0.25, -0.2) is 4.39 Å². The van der Waals surface area contributed by atoms with E-state index in [0.717, 1.165) is 16.6 Å². The van der Waals surface area contributed by atoms with Crippen molar-refractivity contribution in [3.8, 4) is 0 Å². The first kappa shape index (κ1) is 14.7. The molecule has 1 N–H and O–H groups in total. The molecular formula is C15H14BrFN2OS. The second-order valence-electron chi connectivity index (χ2n) is 4.87. The Labute approximate surface area is 134 Å². The molecule has 1 aromatic carbocycles. The molecule has 6 heteroatoms. The van der Waals surface area contributed by atoms with Crippen LogP contribution in [0.1, 0.15) is 21.3 Å². The summed E-state index contributed by atoms with van der Waals surface area (Å²) in [6.45, 7) is 2.00. The van der Waals surface area contributed by atoms with Crippen LogP contribution in [0, 0.1) is 5.82 Å². The molecule has 0 saturated carbocycles. The van der Waals surface area contributed by atoms with Crippen molar-refractivity contribution >= 4 is 33.2 Å². The third kappa shape index (κ3) is 3.02. The molecule has 2 aromatic rings. The molecule has 1 unspecified atom stereocenters. The monoisotopic (exact) mass is 368 g/mol. The van der Waals surface area contributed by atoms with Crippen LogP contribution in [-0.4, -0.2) is 30.4 Å². The number of hydrogen-bond donors (Lipinski definition) is 1. The van der Waals surface area contributed by atoms with Gasteiger partial charge in [0.2, 0.25) is 0 Å².